The summed E-state index contributed by atoms with van der Waals surface area (Å²) in [5.41, 5.74) is 5.57. The quantitative estimate of drug-likeness (QED) is 0.162. The van der Waals surface area contributed by atoms with Gasteiger partial charge in [0, 0.05) is 54.5 Å². The molecule has 0 fully saturated rings. The number of thiophene rings is 1. The molecule has 1 aliphatic heterocycles. The number of benzene rings is 6. The molecule has 0 saturated heterocycles. The molecular weight excluding hydrogens is 787 g/mol. The van der Waals surface area contributed by atoms with Crippen molar-refractivity contribution >= 4 is 92.2 Å². The van der Waals surface area contributed by atoms with E-state index in [1.54, 1.807) is 11.3 Å². The number of hydrogen-bond acceptors (Lipinski definition) is 7. The zero-order valence-electron chi connectivity index (χ0n) is 32.9. The highest BCUT2D eigenvalue weighted by Gasteiger charge is 2.62. The Morgan fingerprint density at radius 1 is 0.613 bits per heavy atom. The van der Waals surface area contributed by atoms with Crippen LogP contribution in [0.5, 0.6) is 0 Å². The van der Waals surface area contributed by atoms with Crippen molar-refractivity contribution in [3.05, 3.63) is 221 Å². The number of furan rings is 1. The molecule has 0 saturated carbocycles. The van der Waals surface area contributed by atoms with Gasteiger partial charge in [-0.05, 0) is 71.4 Å². The zero-order valence-corrected chi connectivity index (χ0v) is 33.7. The summed E-state index contributed by atoms with van der Waals surface area (Å²) in [7, 11) is 0. The number of anilines is 1. The number of nitrogens with zero attached hydrogens (tertiary/aromatic N) is 3. The molecule has 0 amide bonds. The van der Waals surface area contributed by atoms with Gasteiger partial charge >= 0.3 is 5.63 Å². The minimum absolute atomic E-state index is 0.443. The summed E-state index contributed by atoms with van der Waals surface area (Å²) < 4.78 is 14.8. The normalized spacial score (nSPS) is 16.9. The standard InChI is InChI=1S/C53H33N5O3S/c59-52-38(27-33-15-3-11-23-43(33)61-52)48-47(49-37-19-7-9-21-40(37)56-57-49)50(41-28-32-14-2-8-20-39(32)55-41)58(46-30-35-17-5-12-24-44(35)62-46)53(48,45-29-34-16-4-10-22-42(34)60-45)51-36-18-6-1-13-31(36)25-26-54-51/h1-30,48,55H,(H,56,57). The molecule has 8 nitrogen and oxygen atoms in total. The second-order valence-corrected chi connectivity index (χ2v) is 16.9. The maximum Gasteiger partial charge on any atom is 0.340 e. The highest BCUT2D eigenvalue weighted by Crippen LogP contribution is 2.65. The van der Waals surface area contributed by atoms with Crippen molar-refractivity contribution in [3.8, 4) is 0 Å². The van der Waals surface area contributed by atoms with Crippen LogP contribution in [0, 0.1) is 0 Å². The van der Waals surface area contributed by atoms with Gasteiger partial charge in [0.05, 0.1) is 39.2 Å². The van der Waals surface area contributed by atoms with Gasteiger partial charge in [-0.25, -0.2) is 4.79 Å². The highest BCUT2D eigenvalue weighted by atomic mass is 32.1. The molecule has 0 spiro atoms. The lowest BCUT2D eigenvalue weighted by atomic mass is 9.71. The van der Waals surface area contributed by atoms with E-state index in [-0.39, 0.29) is 0 Å². The van der Waals surface area contributed by atoms with Crippen LogP contribution < -0.4 is 10.5 Å². The van der Waals surface area contributed by atoms with Gasteiger partial charge in [-0.3, -0.25) is 10.1 Å². The van der Waals surface area contributed by atoms with E-state index in [9.17, 15) is 0 Å². The van der Waals surface area contributed by atoms with Crippen LogP contribution in [-0.2, 0) is 5.54 Å². The average Bonchev–Trinajstić information content (AvgIpc) is 4.16. The molecular formula is C53H33N5O3S. The summed E-state index contributed by atoms with van der Waals surface area (Å²) in [6.45, 7) is 0. The van der Waals surface area contributed by atoms with Crippen molar-refractivity contribution in [3.63, 3.8) is 0 Å². The van der Waals surface area contributed by atoms with Gasteiger partial charge < -0.3 is 18.7 Å². The van der Waals surface area contributed by atoms with E-state index in [0.29, 0.717) is 33.9 Å². The van der Waals surface area contributed by atoms with Crippen molar-refractivity contribution in [1.82, 2.24) is 20.2 Å². The molecule has 0 bridgehead atoms. The summed E-state index contributed by atoms with van der Waals surface area (Å²) in [4.78, 5) is 27.0. The zero-order chi connectivity index (χ0) is 40.9. The Balaban J connectivity index is 1.31. The van der Waals surface area contributed by atoms with Crippen LogP contribution in [-0.4, -0.2) is 20.2 Å². The second-order valence-electron chi connectivity index (χ2n) is 15.9. The lowest BCUT2D eigenvalue weighted by Gasteiger charge is -2.43. The summed E-state index contributed by atoms with van der Waals surface area (Å²) in [6.07, 6.45) is 1.87. The fraction of sp³-hybridized carbons (Fsp3) is 0.0377. The first-order valence-corrected chi connectivity index (χ1v) is 21.4. The van der Waals surface area contributed by atoms with Crippen molar-refractivity contribution in [2.45, 2.75) is 11.5 Å². The second kappa shape index (κ2) is 13.2. The Kier molecular flexibility index (Phi) is 7.44. The van der Waals surface area contributed by atoms with Crippen LogP contribution in [0.2, 0.25) is 0 Å². The Labute approximate surface area is 357 Å². The molecule has 9 heteroatoms. The predicted molar refractivity (Wildman–Crippen MR) is 249 cm³/mol. The molecule has 12 aromatic rings. The van der Waals surface area contributed by atoms with Crippen LogP contribution >= 0.6 is 11.3 Å². The molecule has 294 valence electrons. The first kappa shape index (κ1) is 34.8. The monoisotopic (exact) mass is 819 g/mol. The topological polar surface area (TPSA) is 104 Å². The predicted octanol–water partition coefficient (Wildman–Crippen LogP) is 12.8. The molecule has 0 radical (unpaired) electrons. The fourth-order valence-electron chi connectivity index (χ4n) is 9.88. The van der Waals surface area contributed by atoms with Crippen molar-refractivity contribution in [2.24, 2.45) is 0 Å². The number of nitrogens with one attached hydrogen (secondary N) is 2. The minimum atomic E-state index is -1.39. The van der Waals surface area contributed by atoms with Gasteiger partial charge in [-0.1, -0.05) is 115 Å². The minimum Gasteiger partial charge on any atom is -0.458 e. The lowest BCUT2D eigenvalue weighted by Crippen LogP contribution is -2.48. The van der Waals surface area contributed by atoms with E-state index in [1.807, 2.05) is 97.2 Å². The van der Waals surface area contributed by atoms with Gasteiger partial charge in [0.2, 0.25) is 0 Å². The van der Waals surface area contributed by atoms with Crippen LogP contribution in [0.4, 0.5) is 5.00 Å². The highest BCUT2D eigenvalue weighted by molar-refractivity contribution is 7.23. The van der Waals surface area contributed by atoms with Crippen LogP contribution in [0.25, 0.3) is 75.9 Å². The third kappa shape index (κ3) is 4.97. The van der Waals surface area contributed by atoms with Crippen LogP contribution in [0.1, 0.15) is 34.3 Å². The molecule has 7 heterocycles. The van der Waals surface area contributed by atoms with E-state index in [4.69, 9.17) is 18.9 Å². The molecule has 2 unspecified atom stereocenters. The number of hydrogen-bond donors (Lipinski definition) is 2. The molecule has 6 aromatic heterocycles. The van der Waals surface area contributed by atoms with Crippen molar-refractivity contribution < 1.29 is 8.83 Å². The Hall–Kier alpha value is -8.01. The van der Waals surface area contributed by atoms with Crippen molar-refractivity contribution in [1.29, 1.82) is 0 Å². The summed E-state index contributed by atoms with van der Waals surface area (Å²) >= 11 is 1.69. The average molecular weight is 820 g/mol. The maximum absolute atomic E-state index is 15.3. The number of fused-ring (bicyclic) bond motifs is 6. The first-order valence-electron chi connectivity index (χ1n) is 20.5. The number of aromatic amines is 2. The van der Waals surface area contributed by atoms with Gasteiger partial charge in [-0.2, -0.15) is 5.10 Å². The van der Waals surface area contributed by atoms with E-state index < -0.39 is 17.1 Å². The summed E-state index contributed by atoms with van der Waals surface area (Å²) in [5.74, 6) is -0.221. The van der Waals surface area contributed by atoms with Crippen molar-refractivity contribution in [2.75, 3.05) is 4.90 Å². The van der Waals surface area contributed by atoms with Gasteiger partial charge in [0.15, 0.2) is 5.54 Å². The molecule has 1 aliphatic rings. The van der Waals surface area contributed by atoms with E-state index in [1.165, 1.54) is 0 Å². The van der Waals surface area contributed by atoms with Gasteiger partial charge in [0.25, 0.3) is 0 Å². The largest absolute Gasteiger partial charge is 0.458 e. The third-order valence-corrected chi connectivity index (χ3v) is 13.6. The molecule has 2 atom stereocenters. The Morgan fingerprint density at radius 2 is 1.27 bits per heavy atom. The molecule has 6 aromatic carbocycles. The van der Waals surface area contributed by atoms with Gasteiger partial charge in [0.1, 0.15) is 16.9 Å². The number of pyridine rings is 1. The molecule has 2 N–H and O–H groups in total. The van der Waals surface area contributed by atoms with Crippen LogP contribution in [0.15, 0.2) is 196 Å². The molecule has 13 rings (SSSR count). The van der Waals surface area contributed by atoms with E-state index in [0.717, 1.165) is 75.4 Å². The fourth-order valence-corrected chi connectivity index (χ4v) is 11.0. The number of rotatable bonds is 6. The summed E-state index contributed by atoms with van der Waals surface area (Å²) in [6, 6.07) is 59.6. The molecule has 62 heavy (non-hydrogen) atoms. The molecule has 0 aliphatic carbocycles. The maximum atomic E-state index is 15.3. The SMILES string of the molecule is O=c1oc2ccccc2cc1C1C(c2n[nH]c3ccccc23)=C(c2cc3ccccc3[nH]2)N(c2cc3ccccc3s2)C1(c1cc2ccccc2o1)c1nccc2ccccc12. The Morgan fingerprint density at radius 3 is 2.06 bits per heavy atom. The smallest absolute Gasteiger partial charge is 0.340 e. The number of H-pyrrole nitrogens is 2. The van der Waals surface area contributed by atoms with E-state index >= 15 is 4.79 Å². The summed E-state index contributed by atoms with van der Waals surface area (Å²) in [5, 5.41) is 16.2. The third-order valence-electron chi connectivity index (χ3n) is 12.5. The Bertz CT molecular complexity index is 3750. The van der Waals surface area contributed by atoms with Crippen LogP contribution in [0.3, 0.4) is 0 Å². The number of para-hydroxylation sites is 4. The lowest BCUT2D eigenvalue weighted by molar-refractivity contribution is 0.383. The number of aromatic nitrogens is 4. The van der Waals surface area contributed by atoms with Gasteiger partial charge in [-0.15, -0.1) is 11.3 Å². The first-order chi connectivity index (χ1) is 30.6. The van der Waals surface area contributed by atoms with E-state index in [2.05, 4.69) is 99.9 Å².